The molecule has 0 bridgehead atoms. The van der Waals surface area contributed by atoms with Gasteiger partial charge in [0.15, 0.2) is 13.1 Å². The summed E-state index contributed by atoms with van der Waals surface area (Å²) in [5, 5.41) is 0. The average Bonchev–Trinajstić information content (AvgIpc) is 2.54. The number of hydrogen-bond donors (Lipinski definition) is 1. The Labute approximate surface area is 110 Å². The summed E-state index contributed by atoms with van der Waals surface area (Å²) in [7, 11) is 0. The molecule has 0 aromatic carbocycles. The lowest BCUT2D eigenvalue weighted by Crippen LogP contribution is -3.13. The number of rotatable bonds is 6. The quantitative estimate of drug-likeness (QED) is 0.322. The van der Waals surface area contributed by atoms with Crippen LogP contribution >= 0.6 is 0 Å². The molecule has 90 valence electrons. The molecule has 1 N–H and O–H groups in total. The highest BCUT2D eigenvalue weighted by molar-refractivity contribution is 5.57. The van der Waals surface area contributed by atoms with E-state index in [-0.39, 0.29) is 30.1 Å². The van der Waals surface area contributed by atoms with Gasteiger partial charge in [-0.2, -0.15) is 0 Å². The fourth-order valence-corrected chi connectivity index (χ4v) is 1.87. The van der Waals surface area contributed by atoms with Gasteiger partial charge in [-0.15, -0.1) is 4.58 Å². The minimum absolute atomic E-state index is 0. The van der Waals surface area contributed by atoms with Crippen molar-refractivity contribution in [3.05, 3.63) is 0 Å². The molecule has 0 fully saturated rings. The van der Waals surface area contributed by atoms with Crippen molar-refractivity contribution in [2.24, 2.45) is 0 Å². The molecule has 0 aliphatic carbocycles. The summed E-state index contributed by atoms with van der Waals surface area (Å²) in [5.74, 6) is 0. The van der Waals surface area contributed by atoms with E-state index in [2.05, 4.69) is 13.8 Å². The fraction of sp³-hybridized carbons (Fsp3) is 0.909. The monoisotopic (exact) mass is 329 g/mol. The van der Waals surface area contributed by atoms with E-state index in [4.69, 9.17) is 0 Å². The summed E-state index contributed by atoms with van der Waals surface area (Å²) in [6.07, 6.45) is 4.63. The molecule has 1 atom stereocenters. The highest BCUT2D eigenvalue weighted by Gasteiger charge is 2.34. The van der Waals surface area contributed by atoms with Crippen LogP contribution in [0.25, 0.3) is 0 Å². The zero-order valence-electron chi connectivity index (χ0n) is 9.86. The van der Waals surface area contributed by atoms with Crippen molar-refractivity contribution in [1.82, 2.24) is 0 Å². The van der Waals surface area contributed by atoms with Crippen LogP contribution in [0.5, 0.6) is 0 Å². The average molecular weight is 329 g/mol. The number of hydrogen-bond acceptors (Lipinski definition) is 0. The number of quaternary nitrogens is 1. The van der Waals surface area contributed by atoms with Crippen LogP contribution in [0, 0.1) is 0 Å². The third kappa shape index (κ3) is 4.76. The van der Waals surface area contributed by atoms with Gasteiger partial charge >= 0.3 is 6.09 Å². The van der Waals surface area contributed by atoms with Crippen LogP contribution in [0.2, 0.25) is 0 Å². The molecule has 1 aliphatic heterocycles. The van der Waals surface area contributed by atoms with Gasteiger partial charge in [0.2, 0.25) is 0 Å². The van der Waals surface area contributed by atoms with Gasteiger partial charge < -0.3 is 24.0 Å². The van der Waals surface area contributed by atoms with Crippen LogP contribution in [-0.2, 0) is 0 Å². The molecule has 4 heteroatoms. The van der Waals surface area contributed by atoms with E-state index in [1.54, 1.807) is 0 Å². The standard InChI is InChI=1S/C11H22FN2.HI/c1-3-5-7-13-9-10-14(11(13)12)8-6-4-2;/h3-10H2,1-2H3;1H/q+1;. The smallest absolute Gasteiger partial charge is 0.535 e. The molecule has 1 heterocycles. The lowest BCUT2D eigenvalue weighted by Gasteiger charge is -2.03. The molecule has 1 unspecified atom stereocenters. The second-order valence-electron chi connectivity index (χ2n) is 4.09. The van der Waals surface area contributed by atoms with Crippen LogP contribution in [-0.4, -0.2) is 36.8 Å². The molecular weight excluding hydrogens is 306 g/mol. The maximum Gasteiger partial charge on any atom is 0.535 e. The third-order valence-corrected chi connectivity index (χ3v) is 2.87. The van der Waals surface area contributed by atoms with E-state index in [9.17, 15) is 4.39 Å². The summed E-state index contributed by atoms with van der Waals surface area (Å²) >= 11 is 0. The van der Waals surface area contributed by atoms with E-state index in [1.165, 1.54) is 0 Å². The van der Waals surface area contributed by atoms with E-state index in [0.717, 1.165) is 56.8 Å². The Morgan fingerprint density at radius 1 is 1.27 bits per heavy atom. The van der Waals surface area contributed by atoms with Crippen LogP contribution in [0.1, 0.15) is 39.5 Å². The van der Waals surface area contributed by atoms with Crippen molar-refractivity contribution in [2.75, 3.05) is 26.2 Å². The van der Waals surface area contributed by atoms with Crippen molar-refractivity contribution >= 4 is 6.09 Å². The Morgan fingerprint density at radius 3 is 2.53 bits per heavy atom. The molecule has 0 amide bonds. The Bertz CT molecular complexity index is 207. The lowest BCUT2D eigenvalue weighted by atomic mass is 10.3. The Balaban J connectivity index is 0.00000196. The second-order valence-corrected chi connectivity index (χ2v) is 4.09. The number of nitrogens with one attached hydrogen (secondary N) is 1. The number of unbranched alkanes of at least 4 members (excludes halogenated alkanes) is 2. The van der Waals surface area contributed by atoms with E-state index < -0.39 is 0 Å². The predicted molar refractivity (Wildman–Crippen MR) is 56.6 cm³/mol. The lowest BCUT2D eigenvalue weighted by molar-refractivity contribution is -0.809. The predicted octanol–water partition coefficient (Wildman–Crippen LogP) is -2.17. The molecule has 0 aromatic heterocycles. The zero-order valence-corrected chi connectivity index (χ0v) is 12.0. The first-order valence-electron chi connectivity index (χ1n) is 5.92. The van der Waals surface area contributed by atoms with Crippen LogP contribution in [0.4, 0.5) is 4.39 Å². The van der Waals surface area contributed by atoms with Crippen molar-refractivity contribution in [1.29, 1.82) is 0 Å². The van der Waals surface area contributed by atoms with Crippen LogP contribution in [0.3, 0.4) is 0 Å². The van der Waals surface area contributed by atoms with Crippen LogP contribution in [0.15, 0.2) is 0 Å². The van der Waals surface area contributed by atoms with Gasteiger partial charge in [0, 0.05) is 6.42 Å². The summed E-state index contributed by atoms with van der Waals surface area (Å²) in [5.41, 5.74) is 0. The summed E-state index contributed by atoms with van der Waals surface area (Å²) in [4.78, 5) is 1.06. The first-order valence-corrected chi connectivity index (χ1v) is 5.92. The Hall–Kier alpha value is 0.290. The summed E-state index contributed by atoms with van der Waals surface area (Å²) in [6, 6.07) is 0. The van der Waals surface area contributed by atoms with Gasteiger partial charge in [0.1, 0.15) is 6.54 Å². The topological polar surface area (TPSA) is 7.45 Å². The molecule has 0 radical (unpaired) electrons. The third-order valence-electron chi connectivity index (χ3n) is 2.87. The van der Waals surface area contributed by atoms with Gasteiger partial charge in [-0.25, -0.2) is 4.90 Å². The minimum Gasteiger partial charge on any atom is -1.00 e. The number of nitrogens with zero attached hydrogens (tertiary/aromatic N) is 1. The van der Waals surface area contributed by atoms with Gasteiger partial charge in [-0.1, -0.05) is 31.1 Å². The first-order chi connectivity index (χ1) is 6.79. The van der Waals surface area contributed by atoms with E-state index >= 15 is 0 Å². The van der Waals surface area contributed by atoms with Gasteiger partial charge in [-0.3, -0.25) is 0 Å². The van der Waals surface area contributed by atoms with Gasteiger partial charge in [0.05, 0.1) is 6.54 Å². The molecule has 1 aliphatic rings. The molecule has 2 nitrogen and oxygen atoms in total. The SMILES string of the molecule is CCCC[N+]1=C(F)[NH+](CCCC)CC1.[I-]. The minimum atomic E-state index is 0. The van der Waals surface area contributed by atoms with Gasteiger partial charge in [-0.05, 0) is 6.42 Å². The highest BCUT2D eigenvalue weighted by atomic mass is 127. The van der Waals surface area contributed by atoms with E-state index in [0.29, 0.717) is 0 Å². The maximum atomic E-state index is 13.7. The fourth-order valence-electron chi connectivity index (χ4n) is 1.87. The summed E-state index contributed by atoms with van der Waals surface area (Å²) in [6.45, 7) is 8.03. The molecule has 0 aromatic rings. The highest BCUT2D eigenvalue weighted by Crippen LogP contribution is 1.92. The molecule has 0 saturated heterocycles. The molecule has 15 heavy (non-hydrogen) atoms. The normalized spacial score (nSPS) is 20.6. The summed E-state index contributed by atoms with van der Waals surface area (Å²) < 4.78 is 15.6. The van der Waals surface area contributed by atoms with Crippen molar-refractivity contribution in [3.63, 3.8) is 0 Å². The second kappa shape index (κ2) is 8.44. The maximum absolute atomic E-state index is 13.7. The Morgan fingerprint density at radius 2 is 1.93 bits per heavy atom. The van der Waals surface area contributed by atoms with Crippen molar-refractivity contribution < 1.29 is 37.8 Å². The largest absolute Gasteiger partial charge is 1.00 e. The van der Waals surface area contributed by atoms with Crippen molar-refractivity contribution in [3.8, 4) is 0 Å². The zero-order chi connectivity index (χ0) is 10.4. The van der Waals surface area contributed by atoms with Gasteiger partial charge in [0.25, 0.3) is 0 Å². The molecular formula is C11H23FIN2+. The number of halogens is 2. The van der Waals surface area contributed by atoms with Crippen LogP contribution < -0.4 is 28.9 Å². The first kappa shape index (κ1) is 15.3. The van der Waals surface area contributed by atoms with Crippen molar-refractivity contribution in [2.45, 2.75) is 39.5 Å². The number of amidine groups is 1. The molecule has 0 spiro atoms. The Kier molecular flexibility index (Phi) is 8.61. The molecule has 1 rings (SSSR count). The molecule has 0 saturated carbocycles. The van der Waals surface area contributed by atoms with E-state index in [1.807, 2.05) is 4.58 Å².